The van der Waals surface area contributed by atoms with Gasteiger partial charge in [-0.25, -0.2) is 9.37 Å². The maximum atomic E-state index is 12.9. The second-order valence-corrected chi connectivity index (χ2v) is 5.32. The molecule has 2 rings (SSSR count). The summed E-state index contributed by atoms with van der Waals surface area (Å²) >= 11 is 6.78. The van der Waals surface area contributed by atoms with Crippen LogP contribution in [0.25, 0.3) is 0 Å². The van der Waals surface area contributed by atoms with Gasteiger partial charge >= 0.3 is 6.18 Å². The lowest BCUT2D eigenvalue weighted by atomic mass is 10.1. The highest BCUT2D eigenvalue weighted by atomic mass is 35.5. The number of nitrogens with zero attached hydrogens (tertiary/aromatic N) is 1. The quantitative estimate of drug-likeness (QED) is 0.840. The van der Waals surface area contributed by atoms with Crippen molar-refractivity contribution in [3.8, 4) is 0 Å². The largest absolute Gasteiger partial charge is 0.418 e. The van der Waals surface area contributed by atoms with Gasteiger partial charge in [0.1, 0.15) is 5.82 Å². The van der Waals surface area contributed by atoms with Crippen LogP contribution in [0.3, 0.4) is 0 Å². The fourth-order valence-corrected chi connectivity index (χ4v) is 2.37. The molecule has 0 fully saturated rings. The van der Waals surface area contributed by atoms with Crippen molar-refractivity contribution in [3.63, 3.8) is 0 Å². The van der Waals surface area contributed by atoms with Gasteiger partial charge < -0.3 is 5.32 Å². The van der Waals surface area contributed by atoms with Gasteiger partial charge in [-0.1, -0.05) is 11.6 Å². The van der Waals surface area contributed by atoms with Crippen molar-refractivity contribution in [2.45, 2.75) is 12.7 Å². The zero-order valence-electron chi connectivity index (χ0n) is 9.26. The van der Waals surface area contributed by atoms with Crippen molar-refractivity contribution < 1.29 is 17.6 Å². The highest BCUT2D eigenvalue weighted by Crippen LogP contribution is 2.35. The summed E-state index contributed by atoms with van der Waals surface area (Å²) in [6.45, 7) is 0.138. The topological polar surface area (TPSA) is 24.9 Å². The smallest absolute Gasteiger partial charge is 0.380 e. The second-order valence-electron chi connectivity index (χ2n) is 3.62. The number of alkyl halides is 3. The minimum atomic E-state index is -4.62. The molecule has 0 bridgehead atoms. The lowest BCUT2D eigenvalue weighted by molar-refractivity contribution is -0.137. The van der Waals surface area contributed by atoms with Crippen LogP contribution in [0.5, 0.6) is 0 Å². The van der Waals surface area contributed by atoms with Gasteiger partial charge in [0.05, 0.1) is 12.1 Å². The molecule has 0 aliphatic rings. The van der Waals surface area contributed by atoms with Crippen molar-refractivity contribution in [2.75, 3.05) is 5.32 Å². The van der Waals surface area contributed by atoms with Gasteiger partial charge in [0.25, 0.3) is 0 Å². The van der Waals surface area contributed by atoms with Crippen LogP contribution in [0.1, 0.15) is 10.4 Å². The number of hydrogen-bond donors (Lipinski definition) is 1. The fourth-order valence-electron chi connectivity index (χ4n) is 1.45. The molecule has 1 aromatic carbocycles. The molecule has 0 atom stereocenters. The molecule has 1 heterocycles. The third kappa shape index (κ3) is 3.57. The first-order chi connectivity index (χ1) is 8.86. The number of nitrogens with one attached hydrogen (secondary N) is 1. The number of halogens is 5. The number of aromatic nitrogens is 1. The Morgan fingerprint density at radius 3 is 2.63 bits per heavy atom. The molecular formula is C11H7ClF4N2S. The molecule has 1 aromatic heterocycles. The van der Waals surface area contributed by atoms with Gasteiger partial charge in [-0.05, 0) is 18.2 Å². The summed E-state index contributed by atoms with van der Waals surface area (Å²) in [5.74, 6) is -0.932. The molecule has 0 aliphatic heterocycles. The lowest BCUT2D eigenvalue weighted by Crippen LogP contribution is -2.11. The van der Waals surface area contributed by atoms with E-state index >= 15 is 0 Å². The number of thiazole rings is 1. The lowest BCUT2D eigenvalue weighted by Gasteiger charge is -2.14. The van der Waals surface area contributed by atoms with Crippen LogP contribution in [0.15, 0.2) is 24.4 Å². The maximum absolute atomic E-state index is 12.9. The highest BCUT2D eigenvalue weighted by molar-refractivity contribution is 7.15. The Bertz CT molecular complexity index is 582. The van der Waals surface area contributed by atoms with Gasteiger partial charge in [-0.3, -0.25) is 0 Å². The number of hydrogen-bond acceptors (Lipinski definition) is 3. The Labute approximate surface area is 115 Å². The van der Waals surface area contributed by atoms with Crippen molar-refractivity contribution in [2.24, 2.45) is 0 Å². The second kappa shape index (κ2) is 5.34. The zero-order chi connectivity index (χ0) is 14.0. The summed E-state index contributed by atoms with van der Waals surface area (Å²) in [4.78, 5) is 4.46. The van der Waals surface area contributed by atoms with E-state index in [4.69, 9.17) is 11.6 Å². The third-order valence-corrected chi connectivity index (χ3v) is 3.38. The van der Waals surface area contributed by atoms with Crippen LogP contribution < -0.4 is 5.32 Å². The van der Waals surface area contributed by atoms with Crippen LogP contribution in [0.4, 0.5) is 23.2 Å². The standard InChI is InChI=1S/C11H7ClF4N2S/c12-10-18-5-7(19-10)4-17-9-2-1-6(13)3-8(9)11(14,15)16/h1-3,5,17H,4H2. The van der Waals surface area contributed by atoms with E-state index < -0.39 is 17.6 Å². The van der Waals surface area contributed by atoms with Crippen molar-refractivity contribution >= 4 is 28.6 Å². The van der Waals surface area contributed by atoms with E-state index in [2.05, 4.69) is 10.3 Å². The van der Waals surface area contributed by atoms with Crippen LogP contribution >= 0.6 is 22.9 Å². The first-order valence-corrected chi connectivity index (χ1v) is 6.26. The molecule has 0 radical (unpaired) electrons. The third-order valence-electron chi connectivity index (χ3n) is 2.27. The Hall–Kier alpha value is -1.34. The van der Waals surface area contributed by atoms with Gasteiger partial charge in [0, 0.05) is 16.8 Å². The minimum absolute atomic E-state index is 0.138. The van der Waals surface area contributed by atoms with Crippen molar-refractivity contribution in [1.82, 2.24) is 4.98 Å². The van der Waals surface area contributed by atoms with E-state index in [9.17, 15) is 17.6 Å². The van der Waals surface area contributed by atoms with Crippen molar-refractivity contribution in [3.05, 3.63) is 45.1 Å². The monoisotopic (exact) mass is 310 g/mol. The number of rotatable bonds is 3. The summed E-state index contributed by atoms with van der Waals surface area (Å²) < 4.78 is 51.4. The van der Waals surface area contributed by atoms with Gasteiger partial charge in [0.15, 0.2) is 4.47 Å². The number of anilines is 1. The molecule has 0 spiro atoms. The first kappa shape index (κ1) is 14.1. The molecule has 102 valence electrons. The van der Waals surface area contributed by atoms with E-state index in [0.717, 1.165) is 23.5 Å². The summed E-state index contributed by atoms with van der Waals surface area (Å²) in [6.07, 6.45) is -3.15. The molecule has 8 heteroatoms. The van der Waals surface area contributed by atoms with Gasteiger partial charge in [-0.2, -0.15) is 13.2 Å². The summed E-state index contributed by atoms with van der Waals surface area (Å²) in [5.41, 5.74) is -1.22. The average Bonchev–Trinajstić information content (AvgIpc) is 2.72. The SMILES string of the molecule is Fc1ccc(NCc2cnc(Cl)s2)c(C(F)(F)F)c1. The van der Waals surface area contributed by atoms with Gasteiger partial charge in [-0.15, -0.1) is 11.3 Å². The normalized spacial score (nSPS) is 11.6. The summed E-state index contributed by atoms with van der Waals surface area (Å²) in [5, 5.41) is 2.60. The molecule has 2 nitrogen and oxygen atoms in total. The Morgan fingerprint density at radius 2 is 2.05 bits per heavy atom. The van der Waals surface area contributed by atoms with E-state index in [-0.39, 0.29) is 12.2 Å². The van der Waals surface area contributed by atoms with Gasteiger partial charge in [0.2, 0.25) is 0 Å². The van der Waals surface area contributed by atoms with E-state index in [1.807, 2.05) is 0 Å². The van der Waals surface area contributed by atoms with Crippen LogP contribution in [-0.4, -0.2) is 4.98 Å². The van der Waals surface area contributed by atoms with Crippen LogP contribution in [0.2, 0.25) is 4.47 Å². The molecule has 19 heavy (non-hydrogen) atoms. The molecule has 0 amide bonds. The Kier molecular flexibility index (Phi) is 3.96. The first-order valence-electron chi connectivity index (χ1n) is 5.07. The Balaban J connectivity index is 2.20. The minimum Gasteiger partial charge on any atom is -0.380 e. The predicted molar refractivity (Wildman–Crippen MR) is 65.9 cm³/mol. The summed E-state index contributed by atoms with van der Waals surface area (Å²) in [7, 11) is 0. The molecule has 1 N–H and O–H groups in total. The fraction of sp³-hybridized carbons (Fsp3) is 0.182. The molecule has 0 unspecified atom stereocenters. The van der Waals surface area contributed by atoms with Crippen LogP contribution in [-0.2, 0) is 12.7 Å². The summed E-state index contributed by atoms with van der Waals surface area (Å²) in [6, 6.07) is 2.49. The molecule has 2 aromatic rings. The predicted octanol–water partition coefficient (Wildman–Crippen LogP) is 4.57. The van der Waals surface area contributed by atoms with E-state index in [1.54, 1.807) is 0 Å². The molecule has 0 saturated heterocycles. The number of benzene rings is 1. The zero-order valence-corrected chi connectivity index (χ0v) is 10.8. The van der Waals surface area contributed by atoms with Crippen LogP contribution in [0, 0.1) is 5.82 Å². The highest BCUT2D eigenvalue weighted by Gasteiger charge is 2.33. The maximum Gasteiger partial charge on any atom is 0.418 e. The van der Waals surface area contributed by atoms with Crippen molar-refractivity contribution in [1.29, 1.82) is 0 Å². The molecule has 0 saturated carbocycles. The van der Waals surface area contributed by atoms with E-state index in [1.165, 1.54) is 6.20 Å². The Morgan fingerprint density at radius 1 is 1.32 bits per heavy atom. The molecule has 0 aliphatic carbocycles. The average molecular weight is 311 g/mol. The van der Waals surface area contributed by atoms with E-state index in [0.29, 0.717) is 15.4 Å². The molecular weight excluding hydrogens is 304 g/mol.